The molecular weight excluding hydrogens is 314 g/mol. The molecule has 1 fully saturated rings. The third kappa shape index (κ3) is 2.91. The molecule has 1 saturated heterocycles. The summed E-state index contributed by atoms with van der Waals surface area (Å²) in [7, 11) is 0. The van der Waals surface area contributed by atoms with E-state index in [9.17, 15) is 9.90 Å². The second-order valence-corrected chi connectivity index (χ2v) is 6.62. The first kappa shape index (κ1) is 14.8. The van der Waals surface area contributed by atoms with Crippen molar-refractivity contribution in [2.45, 2.75) is 6.92 Å². The van der Waals surface area contributed by atoms with E-state index in [4.69, 9.17) is 12.2 Å². The number of rotatable bonds is 2. The first-order chi connectivity index (χ1) is 10.5. The van der Waals surface area contributed by atoms with Gasteiger partial charge in [0.1, 0.15) is 5.75 Å². The number of phenolic OH excluding ortho intramolecular Hbond substituents is 1. The Labute approximate surface area is 138 Å². The number of hydrogen-bond donors (Lipinski definition) is 1. The van der Waals surface area contributed by atoms with E-state index < -0.39 is 0 Å². The van der Waals surface area contributed by atoms with E-state index in [1.807, 2.05) is 37.3 Å². The number of benzene rings is 2. The van der Waals surface area contributed by atoms with E-state index in [0.717, 1.165) is 16.8 Å². The molecule has 0 aliphatic carbocycles. The monoisotopic (exact) mass is 327 g/mol. The van der Waals surface area contributed by atoms with Gasteiger partial charge in [0.05, 0.1) is 10.6 Å². The van der Waals surface area contributed by atoms with E-state index in [0.29, 0.717) is 9.23 Å². The molecule has 1 aliphatic rings. The highest BCUT2D eigenvalue weighted by Gasteiger charge is 2.33. The Morgan fingerprint density at radius 3 is 2.59 bits per heavy atom. The van der Waals surface area contributed by atoms with Crippen molar-refractivity contribution in [1.29, 1.82) is 0 Å². The molecule has 3 nitrogen and oxygen atoms in total. The third-order valence-electron chi connectivity index (χ3n) is 3.25. The molecule has 1 amide bonds. The minimum absolute atomic E-state index is 0.137. The van der Waals surface area contributed by atoms with Crippen molar-refractivity contribution in [3.05, 3.63) is 64.6 Å². The maximum absolute atomic E-state index is 12.6. The van der Waals surface area contributed by atoms with Crippen LogP contribution in [0.4, 0.5) is 5.69 Å². The maximum Gasteiger partial charge on any atom is 0.270 e. The van der Waals surface area contributed by atoms with Gasteiger partial charge in [-0.15, -0.1) is 0 Å². The first-order valence-electron chi connectivity index (χ1n) is 6.68. The van der Waals surface area contributed by atoms with Crippen LogP contribution >= 0.6 is 24.0 Å². The fraction of sp³-hybridized carbons (Fsp3) is 0.0588. The zero-order chi connectivity index (χ0) is 15.7. The van der Waals surface area contributed by atoms with E-state index in [1.165, 1.54) is 16.7 Å². The van der Waals surface area contributed by atoms with Crippen LogP contribution in [0.5, 0.6) is 5.75 Å². The molecule has 0 unspecified atom stereocenters. The Morgan fingerprint density at radius 2 is 1.91 bits per heavy atom. The molecule has 5 heteroatoms. The molecule has 0 aromatic heterocycles. The summed E-state index contributed by atoms with van der Waals surface area (Å²) in [5.41, 5.74) is 2.67. The highest BCUT2D eigenvalue weighted by molar-refractivity contribution is 8.27. The summed E-state index contributed by atoms with van der Waals surface area (Å²) in [6.45, 7) is 2.00. The van der Waals surface area contributed by atoms with Crippen LogP contribution in [0.3, 0.4) is 0 Å². The predicted octanol–water partition coefficient (Wildman–Crippen LogP) is 4.11. The van der Waals surface area contributed by atoms with Gasteiger partial charge in [0.15, 0.2) is 4.32 Å². The molecule has 3 rings (SSSR count). The number of carbonyl (C=O) groups is 1. The number of thiocarbonyl (C=S) groups is 1. The molecule has 0 spiro atoms. The van der Waals surface area contributed by atoms with Gasteiger partial charge in [-0.2, -0.15) is 0 Å². The maximum atomic E-state index is 12.6. The van der Waals surface area contributed by atoms with Gasteiger partial charge in [-0.1, -0.05) is 53.8 Å². The Hall–Kier alpha value is -2.11. The second-order valence-electron chi connectivity index (χ2n) is 4.95. The molecule has 0 bridgehead atoms. The van der Waals surface area contributed by atoms with Crippen molar-refractivity contribution in [2.24, 2.45) is 0 Å². The van der Waals surface area contributed by atoms with Crippen LogP contribution in [-0.4, -0.2) is 15.3 Å². The predicted molar refractivity (Wildman–Crippen MR) is 94.9 cm³/mol. The summed E-state index contributed by atoms with van der Waals surface area (Å²) in [6.07, 6.45) is 1.74. The van der Waals surface area contributed by atoms with Crippen LogP contribution in [0.15, 0.2) is 53.4 Å². The molecular formula is C17H13NO2S2. The summed E-state index contributed by atoms with van der Waals surface area (Å²) in [6, 6.07) is 14.4. The Morgan fingerprint density at radius 1 is 1.18 bits per heavy atom. The van der Waals surface area contributed by atoms with E-state index in [1.54, 1.807) is 24.3 Å². The summed E-state index contributed by atoms with van der Waals surface area (Å²) >= 11 is 6.60. The number of aryl methyl sites for hydroxylation is 1. The molecule has 2 aromatic rings. The average Bonchev–Trinajstić information content (AvgIpc) is 2.75. The first-order valence-corrected chi connectivity index (χ1v) is 7.91. The molecule has 22 heavy (non-hydrogen) atoms. The number of thioether (sulfide) groups is 1. The lowest BCUT2D eigenvalue weighted by Crippen LogP contribution is -2.27. The van der Waals surface area contributed by atoms with Crippen molar-refractivity contribution in [3.8, 4) is 5.75 Å². The Bertz CT molecular complexity index is 782. The van der Waals surface area contributed by atoms with Gasteiger partial charge in [0.2, 0.25) is 0 Å². The number of aromatic hydroxyl groups is 1. The van der Waals surface area contributed by atoms with E-state index in [-0.39, 0.29) is 11.7 Å². The lowest BCUT2D eigenvalue weighted by atomic mass is 10.2. The summed E-state index contributed by atoms with van der Waals surface area (Å²) < 4.78 is 0.514. The number of anilines is 1. The van der Waals surface area contributed by atoms with E-state index >= 15 is 0 Å². The van der Waals surface area contributed by atoms with Crippen LogP contribution in [0, 0.1) is 6.92 Å². The molecule has 1 heterocycles. The van der Waals surface area contributed by atoms with Crippen LogP contribution in [0.25, 0.3) is 6.08 Å². The molecule has 0 saturated carbocycles. The highest BCUT2D eigenvalue weighted by atomic mass is 32.2. The normalized spacial score (nSPS) is 16.6. The van der Waals surface area contributed by atoms with Crippen molar-refractivity contribution in [2.75, 3.05) is 4.90 Å². The van der Waals surface area contributed by atoms with Crippen molar-refractivity contribution in [3.63, 3.8) is 0 Å². The number of nitrogens with zero attached hydrogens (tertiary/aromatic N) is 1. The minimum atomic E-state index is -0.137. The van der Waals surface area contributed by atoms with Crippen LogP contribution in [0.2, 0.25) is 0 Å². The van der Waals surface area contributed by atoms with Crippen molar-refractivity contribution >= 4 is 46.0 Å². The molecule has 2 aromatic carbocycles. The molecule has 110 valence electrons. The largest absolute Gasteiger partial charge is 0.508 e. The Kier molecular flexibility index (Phi) is 4.00. The number of amides is 1. The summed E-state index contributed by atoms with van der Waals surface area (Å²) in [5.74, 6) is 0.0324. The average molecular weight is 327 g/mol. The molecule has 1 aliphatic heterocycles. The number of hydrogen-bond acceptors (Lipinski definition) is 4. The van der Waals surface area contributed by atoms with Gasteiger partial charge >= 0.3 is 0 Å². The quantitative estimate of drug-likeness (QED) is 0.666. The smallest absolute Gasteiger partial charge is 0.270 e. The zero-order valence-corrected chi connectivity index (χ0v) is 13.4. The zero-order valence-electron chi connectivity index (χ0n) is 11.8. The van der Waals surface area contributed by atoms with Gasteiger partial charge in [-0.05, 0) is 42.8 Å². The van der Waals surface area contributed by atoms with Gasteiger partial charge in [-0.25, -0.2) is 0 Å². The molecule has 0 radical (unpaired) electrons. The van der Waals surface area contributed by atoms with Gasteiger partial charge in [-0.3, -0.25) is 9.69 Å². The lowest BCUT2D eigenvalue weighted by molar-refractivity contribution is -0.113. The van der Waals surface area contributed by atoms with Crippen LogP contribution in [-0.2, 0) is 4.79 Å². The van der Waals surface area contributed by atoms with Crippen LogP contribution < -0.4 is 4.90 Å². The van der Waals surface area contributed by atoms with Gasteiger partial charge < -0.3 is 5.11 Å². The summed E-state index contributed by atoms with van der Waals surface area (Å²) in [5, 5.41) is 9.50. The number of carbonyl (C=O) groups excluding carboxylic acids is 1. The highest BCUT2D eigenvalue weighted by Crippen LogP contribution is 2.36. The summed E-state index contributed by atoms with van der Waals surface area (Å²) in [4.78, 5) is 14.7. The topological polar surface area (TPSA) is 40.5 Å². The molecule has 1 N–H and O–H groups in total. The lowest BCUT2D eigenvalue weighted by Gasteiger charge is -2.14. The SMILES string of the molecule is Cc1ccc(N2C(=O)C(=Cc3cccc(O)c3)SC2=S)cc1. The van der Waals surface area contributed by atoms with Crippen molar-refractivity contribution < 1.29 is 9.90 Å². The fourth-order valence-electron chi connectivity index (χ4n) is 2.15. The second kappa shape index (κ2) is 5.94. The molecule has 0 atom stereocenters. The minimum Gasteiger partial charge on any atom is -0.508 e. The van der Waals surface area contributed by atoms with E-state index in [2.05, 4.69) is 0 Å². The number of phenols is 1. The van der Waals surface area contributed by atoms with Crippen molar-refractivity contribution in [1.82, 2.24) is 0 Å². The fourth-order valence-corrected chi connectivity index (χ4v) is 3.45. The standard InChI is InChI=1S/C17H13NO2S2/c1-11-5-7-13(8-6-11)18-16(20)15(22-17(18)21)10-12-3-2-4-14(19)9-12/h2-10,19H,1H3. The third-order valence-corrected chi connectivity index (χ3v) is 4.56. The van der Waals surface area contributed by atoms with Crippen LogP contribution in [0.1, 0.15) is 11.1 Å². The van der Waals surface area contributed by atoms with Gasteiger partial charge in [0, 0.05) is 0 Å². The van der Waals surface area contributed by atoms with Gasteiger partial charge in [0.25, 0.3) is 5.91 Å². The Balaban J connectivity index is 1.93.